The van der Waals surface area contributed by atoms with E-state index in [4.69, 9.17) is 9.84 Å². The smallest absolute Gasteiger partial charge is 0.0586 e. The standard InChI is InChI=1S/C10H19NO3/c12-4-9-2-1-3-11(9)5-10(6-13)7-14-8-10/h9,12-13H,1-8H2. The Morgan fingerprint density at radius 2 is 2.14 bits per heavy atom. The molecule has 2 saturated heterocycles. The van der Waals surface area contributed by atoms with E-state index in [2.05, 4.69) is 4.90 Å². The van der Waals surface area contributed by atoms with E-state index < -0.39 is 0 Å². The minimum Gasteiger partial charge on any atom is -0.396 e. The number of aliphatic hydroxyl groups is 2. The van der Waals surface area contributed by atoms with Crippen LogP contribution in [0.25, 0.3) is 0 Å². The van der Waals surface area contributed by atoms with Gasteiger partial charge in [0.05, 0.1) is 31.8 Å². The summed E-state index contributed by atoms with van der Waals surface area (Å²) in [5.41, 5.74) is -0.0439. The van der Waals surface area contributed by atoms with Crippen LogP contribution in [0, 0.1) is 5.41 Å². The van der Waals surface area contributed by atoms with E-state index in [0.717, 1.165) is 25.9 Å². The Hall–Kier alpha value is -0.160. The molecule has 1 atom stereocenters. The molecule has 0 bridgehead atoms. The van der Waals surface area contributed by atoms with Crippen molar-refractivity contribution in [2.45, 2.75) is 18.9 Å². The number of ether oxygens (including phenoxy) is 1. The van der Waals surface area contributed by atoms with Crippen molar-refractivity contribution >= 4 is 0 Å². The fourth-order valence-electron chi connectivity index (χ4n) is 2.36. The number of aliphatic hydroxyl groups excluding tert-OH is 2. The van der Waals surface area contributed by atoms with Gasteiger partial charge in [-0.15, -0.1) is 0 Å². The highest BCUT2D eigenvalue weighted by Gasteiger charge is 2.41. The lowest BCUT2D eigenvalue weighted by atomic mass is 9.86. The summed E-state index contributed by atoms with van der Waals surface area (Å²) >= 11 is 0. The van der Waals surface area contributed by atoms with E-state index in [1.807, 2.05) is 0 Å². The van der Waals surface area contributed by atoms with Gasteiger partial charge in [0.15, 0.2) is 0 Å². The van der Waals surface area contributed by atoms with E-state index in [-0.39, 0.29) is 18.6 Å². The minimum atomic E-state index is -0.0439. The Morgan fingerprint density at radius 1 is 1.36 bits per heavy atom. The van der Waals surface area contributed by atoms with Crippen LogP contribution in [0.3, 0.4) is 0 Å². The second-order valence-electron chi connectivity index (χ2n) is 4.60. The van der Waals surface area contributed by atoms with Gasteiger partial charge in [-0.2, -0.15) is 0 Å². The van der Waals surface area contributed by atoms with Crippen LogP contribution >= 0.6 is 0 Å². The highest BCUT2D eigenvalue weighted by atomic mass is 16.5. The van der Waals surface area contributed by atoms with E-state index in [0.29, 0.717) is 19.3 Å². The van der Waals surface area contributed by atoms with Gasteiger partial charge in [0.25, 0.3) is 0 Å². The molecule has 0 aliphatic carbocycles. The third-order valence-corrected chi connectivity index (χ3v) is 3.40. The van der Waals surface area contributed by atoms with Crippen LogP contribution in [0.4, 0.5) is 0 Å². The van der Waals surface area contributed by atoms with Crippen molar-refractivity contribution in [3.63, 3.8) is 0 Å². The summed E-state index contributed by atoms with van der Waals surface area (Å²) in [5, 5.41) is 18.4. The van der Waals surface area contributed by atoms with Crippen LogP contribution in [0.1, 0.15) is 12.8 Å². The molecule has 2 aliphatic rings. The molecule has 1 unspecified atom stereocenters. The molecule has 2 aliphatic heterocycles. The van der Waals surface area contributed by atoms with Crippen LogP contribution in [-0.4, -0.2) is 60.7 Å². The Labute approximate surface area is 84.5 Å². The summed E-state index contributed by atoms with van der Waals surface area (Å²) in [6, 6.07) is 0.305. The highest BCUT2D eigenvalue weighted by Crippen LogP contribution is 2.30. The molecule has 2 fully saturated rings. The van der Waals surface area contributed by atoms with Crippen LogP contribution in [0.5, 0.6) is 0 Å². The molecular formula is C10H19NO3. The lowest BCUT2D eigenvalue weighted by Crippen LogP contribution is -2.54. The van der Waals surface area contributed by atoms with Crippen molar-refractivity contribution in [3.05, 3.63) is 0 Å². The maximum atomic E-state index is 9.29. The maximum Gasteiger partial charge on any atom is 0.0586 e. The van der Waals surface area contributed by atoms with Crippen LogP contribution in [0.15, 0.2) is 0 Å². The first kappa shape index (κ1) is 10.4. The number of likely N-dealkylation sites (tertiary alicyclic amines) is 1. The van der Waals surface area contributed by atoms with Gasteiger partial charge in [-0.05, 0) is 19.4 Å². The lowest BCUT2D eigenvalue weighted by Gasteiger charge is -2.43. The van der Waals surface area contributed by atoms with Gasteiger partial charge < -0.3 is 14.9 Å². The van der Waals surface area contributed by atoms with Crippen molar-refractivity contribution in [2.75, 3.05) is 39.5 Å². The molecule has 2 rings (SSSR count). The zero-order valence-electron chi connectivity index (χ0n) is 8.48. The average Bonchev–Trinajstić information content (AvgIpc) is 2.58. The van der Waals surface area contributed by atoms with E-state index in [9.17, 15) is 5.11 Å². The molecule has 4 heteroatoms. The molecule has 0 amide bonds. The van der Waals surface area contributed by atoms with Crippen molar-refractivity contribution in [1.82, 2.24) is 4.90 Å². The van der Waals surface area contributed by atoms with Gasteiger partial charge in [-0.25, -0.2) is 0 Å². The third-order valence-electron chi connectivity index (χ3n) is 3.40. The Bertz CT molecular complexity index is 188. The zero-order valence-corrected chi connectivity index (χ0v) is 8.48. The first-order valence-corrected chi connectivity index (χ1v) is 5.33. The Morgan fingerprint density at radius 3 is 2.64 bits per heavy atom. The first-order chi connectivity index (χ1) is 6.79. The van der Waals surface area contributed by atoms with Crippen LogP contribution in [-0.2, 0) is 4.74 Å². The molecule has 0 aromatic rings. The predicted molar refractivity (Wildman–Crippen MR) is 52.0 cm³/mol. The number of hydrogen-bond donors (Lipinski definition) is 2. The monoisotopic (exact) mass is 201 g/mol. The summed E-state index contributed by atoms with van der Waals surface area (Å²) in [4.78, 5) is 2.29. The molecular weight excluding hydrogens is 182 g/mol. The average molecular weight is 201 g/mol. The van der Waals surface area contributed by atoms with Crippen LogP contribution < -0.4 is 0 Å². The SMILES string of the molecule is OCC1CCCN1CC1(CO)COC1. The van der Waals surface area contributed by atoms with Crippen LogP contribution in [0.2, 0.25) is 0 Å². The van der Waals surface area contributed by atoms with Gasteiger partial charge in [0.2, 0.25) is 0 Å². The number of nitrogens with zero attached hydrogens (tertiary/aromatic N) is 1. The fraction of sp³-hybridized carbons (Fsp3) is 1.00. The van der Waals surface area contributed by atoms with E-state index in [1.165, 1.54) is 0 Å². The fourth-order valence-corrected chi connectivity index (χ4v) is 2.36. The predicted octanol–water partition coefficient (Wildman–Crippen LogP) is -0.548. The summed E-state index contributed by atoms with van der Waals surface area (Å²) in [5.74, 6) is 0. The Balaban J connectivity index is 1.89. The molecule has 14 heavy (non-hydrogen) atoms. The lowest BCUT2D eigenvalue weighted by molar-refractivity contribution is -0.150. The summed E-state index contributed by atoms with van der Waals surface area (Å²) < 4.78 is 5.16. The topological polar surface area (TPSA) is 52.9 Å². The second-order valence-corrected chi connectivity index (χ2v) is 4.60. The van der Waals surface area contributed by atoms with E-state index in [1.54, 1.807) is 0 Å². The molecule has 0 aromatic heterocycles. The molecule has 4 nitrogen and oxygen atoms in total. The molecule has 0 spiro atoms. The zero-order chi connectivity index (χ0) is 10.0. The quantitative estimate of drug-likeness (QED) is 0.641. The van der Waals surface area contributed by atoms with Crippen molar-refractivity contribution in [2.24, 2.45) is 5.41 Å². The Kier molecular flexibility index (Phi) is 3.07. The third kappa shape index (κ3) is 1.80. The summed E-state index contributed by atoms with van der Waals surface area (Å²) in [6.07, 6.45) is 2.24. The van der Waals surface area contributed by atoms with Gasteiger partial charge in [0, 0.05) is 12.6 Å². The van der Waals surface area contributed by atoms with Gasteiger partial charge in [-0.1, -0.05) is 0 Å². The van der Waals surface area contributed by atoms with Crippen molar-refractivity contribution in [1.29, 1.82) is 0 Å². The number of rotatable bonds is 4. The molecule has 0 aromatic carbocycles. The normalized spacial score (nSPS) is 31.7. The summed E-state index contributed by atoms with van der Waals surface area (Å²) in [6.45, 7) is 3.68. The van der Waals surface area contributed by atoms with Gasteiger partial charge >= 0.3 is 0 Å². The second kappa shape index (κ2) is 4.14. The molecule has 2 N–H and O–H groups in total. The minimum absolute atomic E-state index is 0.0439. The largest absolute Gasteiger partial charge is 0.396 e. The van der Waals surface area contributed by atoms with E-state index >= 15 is 0 Å². The first-order valence-electron chi connectivity index (χ1n) is 5.33. The summed E-state index contributed by atoms with van der Waals surface area (Å²) in [7, 11) is 0. The maximum absolute atomic E-state index is 9.29. The van der Waals surface area contributed by atoms with Crippen molar-refractivity contribution < 1.29 is 14.9 Å². The highest BCUT2D eigenvalue weighted by molar-refractivity contribution is 4.91. The molecule has 82 valence electrons. The van der Waals surface area contributed by atoms with Gasteiger partial charge in [0.1, 0.15) is 0 Å². The van der Waals surface area contributed by atoms with Gasteiger partial charge in [-0.3, -0.25) is 4.90 Å². The molecule has 2 heterocycles. The molecule has 0 radical (unpaired) electrons. The van der Waals surface area contributed by atoms with Crippen molar-refractivity contribution in [3.8, 4) is 0 Å². The molecule has 0 saturated carbocycles. The number of hydrogen-bond acceptors (Lipinski definition) is 4.